The third-order valence-corrected chi connectivity index (χ3v) is 8.05. The van der Waals surface area contributed by atoms with Gasteiger partial charge in [0.2, 0.25) is 0 Å². The number of aromatic amines is 1. The summed E-state index contributed by atoms with van der Waals surface area (Å²) in [6.07, 6.45) is -5.36. The molecule has 3 aromatic carbocycles. The van der Waals surface area contributed by atoms with Crippen molar-refractivity contribution in [3.63, 3.8) is 0 Å². The summed E-state index contributed by atoms with van der Waals surface area (Å²) in [4.78, 5) is 95.1. The maximum absolute atomic E-state index is 13.6. The summed E-state index contributed by atoms with van der Waals surface area (Å²) in [5, 5.41) is 33.4. The molecule has 6 rings (SSSR count). The Bertz CT molecular complexity index is 2310. The number of hydrogen-bond donors (Lipinski definition) is 1. The quantitative estimate of drug-likeness (QED) is 0.0881. The van der Waals surface area contributed by atoms with E-state index < -0.39 is 68.9 Å². The fourth-order valence-electron chi connectivity index (χ4n) is 5.45. The maximum atomic E-state index is 13.6. The van der Waals surface area contributed by atoms with Crippen molar-refractivity contribution in [1.29, 1.82) is 0 Å². The van der Waals surface area contributed by atoms with Crippen molar-refractivity contribution in [2.24, 2.45) is 0 Å². The van der Waals surface area contributed by atoms with Crippen LogP contribution in [0, 0.1) is 30.3 Å². The molecular weight excluding hydrogens is 706 g/mol. The van der Waals surface area contributed by atoms with Crippen LogP contribution in [-0.2, 0) is 18.9 Å². The standard InChI is InChI=1S/C32H23N7O14/c1-16(50-30(41)17-2-8-20(9-3-17)37(44)45)24-25(52-31(42)18-4-10-21(11-5-18)38(46)47)26(53-32(43)19-6-12-22(13-7-19)39(48)49)29(51-24)36-15-35-27-23(36)28(40)34-14-33-27/h2-16,24-26,29H,1H3,(H,33,34,40)/t16-,24+,25+,26+,29+/m0/s1. The number of aromatic nitrogens is 4. The second kappa shape index (κ2) is 14.4. The number of ether oxygens (including phenoxy) is 4. The normalized spacial score (nSPS) is 18.5. The van der Waals surface area contributed by atoms with E-state index >= 15 is 0 Å². The minimum absolute atomic E-state index is 0.0432. The molecular formula is C32H23N7O14. The lowest BCUT2D eigenvalue weighted by Gasteiger charge is -2.27. The van der Waals surface area contributed by atoms with Crippen molar-refractivity contribution in [2.45, 2.75) is 37.6 Å². The zero-order valence-corrected chi connectivity index (χ0v) is 26.9. The highest BCUT2D eigenvalue weighted by atomic mass is 16.7. The number of non-ortho nitro benzene ring substituents is 3. The van der Waals surface area contributed by atoms with Crippen LogP contribution in [-0.4, -0.2) is 76.6 Å². The van der Waals surface area contributed by atoms with Crippen molar-refractivity contribution in [2.75, 3.05) is 0 Å². The molecule has 0 spiro atoms. The monoisotopic (exact) mass is 729 g/mol. The Balaban J connectivity index is 1.40. The molecule has 270 valence electrons. The molecule has 21 nitrogen and oxygen atoms in total. The van der Waals surface area contributed by atoms with Crippen LogP contribution >= 0.6 is 0 Å². The second-order valence-corrected chi connectivity index (χ2v) is 11.3. The molecule has 1 saturated heterocycles. The van der Waals surface area contributed by atoms with Crippen LogP contribution in [0.3, 0.4) is 0 Å². The van der Waals surface area contributed by atoms with Gasteiger partial charge in [-0.2, -0.15) is 0 Å². The predicted molar refractivity (Wildman–Crippen MR) is 175 cm³/mol. The summed E-state index contributed by atoms with van der Waals surface area (Å²) in [5.74, 6) is -3.10. The molecule has 0 aliphatic carbocycles. The largest absolute Gasteiger partial charge is 0.456 e. The van der Waals surface area contributed by atoms with Gasteiger partial charge < -0.3 is 23.9 Å². The molecule has 1 fully saturated rings. The zero-order chi connectivity index (χ0) is 38.0. The molecule has 0 saturated carbocycles. The Morgan fingerprint density at radius 3 is 1.66 bits per heavy atom. The van der Waals surface area contributed by atoms with E-state index in [1.165, 1.54) is 6.92 Å². The van der Waals surface area contributed by atoms with E-state index in [2.05, 4.69) is 15.0 Å². The van der Waals surface area contributed by atoms with Crippen LogP contribution in [0.2, 0.25) is 0 Å². The topological polar surface area (TPSA) is 281 Å². The molecule has 0 amide bonds. The first kappa shape index (κ1) is 35.4. The lowest BCUT2D eigenvalue weighted by Crippen LogP contribution is -2.44. The lowest BCUT2D eigenvalue weighted by molar-refractivity contribution is -0.385. The third-order valence-electron chi connectivity index (χ3n) is 8.05. The molecule has 1 aliphatic heterocycles. The van der Waals surface area contributed by atoms with E-state index in [1.54, 1.807) is 0 Å². The van der Waals surface area contributed by atoms with Gasteiger partial charge in [0, 0.05) is 36.4 Å². The van der Waals surface area contributed by atoms with E-state index in [0.29, 0.717) is 0 Å². The summed E-state index contributed by atoms with van der Waals surface area (Å²) in [5.41, 5.74) is -2.22. The second-order valence-electron chi connectivity index (χ2n) is 11.3. The molecule has 5 atom stereocenters. The van der Waals surface area contributed by atoms with Crippen LogP contribution < -0.4 is 5.56 Å². The van der Waals surface area contributed by atoms with Gasteiger partial charge in [-0.3, -0.25) is 39.7 Å². The van der Waals surface area contributed by atoms with Crippen LogP contribution in [0.1, 0.15) is 44.2 Å². The first-order valence-electron chi connectivity index (χ1n) is 15.2. The van der Waals surface area contributed by atoms with Crippen molar-refractivity contribution < 1.29 is 48.1 Å². The van der Waals surface area contributed by atoms with Gasteiger partial charge in [0.1, 0.15) is 18.5 Å². The van der Waals surface area contributed by atoms with Gasteiger partial charge >= 0.3 is 17.9 Å². The van der Waals surface area contributed by atoms with Gasteiger partial charge in [0.05, 0.1) is 37.8 Å². The van der Waals surface area contributed by atoms with Gasteiger partial charge in [-0.05, 0) is 43.3 Å². The molecule has 0 unspecified atom stereocenters. The molecule has 5 aromatic rings. The van der Waals surface area contributed by atoms with Crippen molar-refractivity contribution >= 4 is 46.1 Å². The van der Waals surface area contributed by atoms with Gasteiger partial charge in [0.25, 0.3) is 22.6 Å². The molecule has 3 heterocycles. The van der Waals surface area contributed by atoms with Gasteiger partial charge in [0.15, 0.2) is 29.6 Å². The number of fused-ring (bicyclic) bond motifs is 1. The Morgan fingerprint density at radius 2 is 1.19 bits per heavy atom. The van der Waals surface area contributed by atoms with Crippen LogP contribution in [0.25, 0.3) is 11.2 Å². The molecule has 53 heavy (non-hydrogen) atoms. The molecule has 1 N–H and O–H groups in total. The summed E-state index contributed by atoms with van der Waals surface area (Å²) in [6.45, 7) is 1.36. The van der Waals surface area contributed by atoms with Crippen LogP contribution in [0.15, 0.2) is 90.2 Å². The summed E-state index contributed by atoms with van der Waals surface area (Å²) < 4.78 is 24.7. The average molecular weight is 730 g/mol. The highest BCUT2D eigenvalue weighted by Gasteiger charge is 2.54. The number of nitro groups is 3. The fourth-order valence-corrected chi connectivity index (χ4v) is 5.45. The highest BCUT2D eigenvalue weighted by Crippen LogP contribution is 2.38. The number of rotatable bonds is 11. The van der Waals surface area contributed by atoms with E-state index in [0.717, 1.165) is 90.0 Å². The molecule has 0 bridgehead atoms. The Hall–Kier alpha value is -7.42. The average Bonchev–Trinajstić information content (AvgIpc) is 3.73. The zero-order valence-electron chi connectivity index (χ0n) is 26.9. The Kier molecular flexibility index (Phi) is 9.65. The molecule has 2 aromatic heterocycles. The molecule has 1 aliphatic rings. The van der Waals surface area contributed by atoms with Crippen molar-refractivity contribution in [3.8, 4) is 0 Å². The lowest BCUT2D eigenvalue weighted by atomic mass is 10.0. The number of carbonyl (C=O) groups excluding carboxylic acids is 3. The summed E-state index contributed by atoms with van der Waals surface area (Å²) in [6, 6.07) is 13.2. The number of hydrogen-bond acceptors (Lipinski definition) is 16. The predicted octanol–water partition coefficient (Wildman–Crippen LogP) is 3.44. The summed E-state index contributed by atoms with van der Waals surface area (Å²) in [7, 11) is 0. The van der Waals surface area contributed by atoms with E-state index in [9.17, 15) is 49.5 Å². The van der Waals surface area contributed by atoms with Crippen molar-refractivity contribution in [3.05, 3.63) is 143 Å². The molecule has 21 heteroatoms. The Labute approximate surface area is 294 Å². The number of imidazole rings is 1. The number of benzene rings is 3. The van der Waals surface area contributed by atoms with E-state index in [-0.39, 0.29) is 44.9 Å². The summed E-state index contributed by atoms with van der Waals surface area (Å²) >= 11 is 0. The van der Waals surface area contributed by atoms with E-state index in [1.807, 2.05) is 0 Å². The third kappa shape index (κ3) is 7.25. The SMILES string of the molecule is C[C@H](OC(=O)c1ccc([N+](=O)[O-])cc1)[C@H]1O[C@@H](n2cnc3nc[nH]c(=O)c32)[C@H](OC(=O)c2ccc([N+](=O)[O-])cc2)[C@@H]1OC(=O)c1ccc([N+](=O)[O-])cc1. The van der Waals surface area contributed by atoms with Gasteiger partial charge in [-0.15, -0.1) is 0 Å². The highest BCUT2D eigenvalue weighted by molar-refractivity contribution is 5.91. The number of H-pyrrole nitrogens is 1. The van der Waals surface area contributed by atoms with Crippen molar-refractivity contribution in [1.82, 2.24) is 19.5 Å². The number of nitrogens with zero attached hydrogens (tertiary/aromatic N) is 6. The van der Waals surface area contributed by atoms with Crippen LogP contribution in [0.4, 0.5) is 17.1 Å². The smallest absolute Gasteiger partial charge is 0.338 e. The number of nitrogens with one attached hydrogen (secondary N) is 1. The first-order chi connectivity index (χ1) is 25.3. The first-order valence-corrected chi connectivity index (χ1v) is 15.2. The number of carbonyl (C=O) groups is 3. The number of nitro benzene ring substituents is 3. The van der Waals surface area contributed by atoms with E-state index in [4.69, 9.17) is 18.9 Å². The molecule has 0 radical (unpaired) electrons. The fraction of sp³-hybridized carbons (Fsp3) is 0.188. The maximum Gasteiger partial charge on any atom is 0.338 e. The minimum Gasteiger partial charge on any atom is -0.456 e. The van der Waals surface area contributed by atoms with Crippen LogP contribution in [0.5, 0.6) is 0 Å². The Morgan fingerprint density at radius 1 is 0.736 bits per heavy atom. The number of esters is 3. The minimum atomic E-state index is -1.65. The van der Waals surface area contributed by atoms with Gasteiger partial charge in [-0.1, -0.05) is 0 Å². The van der Waals surface area contributed by atoms with Gasteiger partial charge in [-0.25, -0.2) is 24.4 Å².